The molecule has 0 spiro atoms. The van der Waals surface area contributed by atoms with Crippen molar-refractivity contribution in [3.63, 3.8) is 0 Å². The molecule has 3 nitrogen and oxygen atoms in total. The van der Waals surface area contributed by atoms with E-state index in [-0.39, 0.29) is 6.04 Å². The van der Waals surface area contributed by atoms with Gasteiger partial charge in [-0.3, -0.25) is 0 Å². The van der Waals surface area contributed by atoms with Gasteiger partial charge in [0.15, 0.2) is 0 Å². The van der Waals surface area contributed by atoms with Crippen LogP contribution in [0.3, 0.4) is 0 Å². The Kier molecular flexibility index (Phi) is 9.05. The molecular weight excluding hydrogens is 368 g/mol. The highest BCUT2D eigenvalue weighted by Gasteiger charge is 2.23. The first kappa shape index (κ1) is 23.3. The van der Waals surface area contributed by atoms with Crippen LogP contribution in [-0.2, 0) is 12.8 Å². The Hall–Kier alpha value is -1.98. The lowest BCUT2D eigenvalue weighted by molar-refractivity contribution is 0.459. The van der Waals surface area contributed by atoms with Gasteiger partial charge in [-0.05, 0) is 67.1 Å². The third kappa shape index (κ3) is 6.51. The molecule has 5 heteroatoms. The number of hydrogen-bond donors (Lipinski definition) is 2. The summed E-state index contributed by atoms with van der Waals surface area (Å²) in [5.41, 5.74) is 10.8. The van der Waals surface area contributed by atoms with Crippen molar-refractivity contribution in [2.45, 2.75) is 58.5 Å². The van der Waals surface area contributed by atoms with E-state index in [2.05, 4.69) is 42.4 Å². The molecule has 0 aliphatic carbocycles. The number of halogens is 2. The van der Waals surface area contributed by atoms with Gasteiger partial charge in [0.05, 0.1) is 0 Å². The molecular formula is C24H35F2N3. The van der Waals surface area contributed by atoms with Crippen LogP contribution in [0.5, 0.6) is 0 Å². The Morgan fingerprint density at radius 3 is 2.45 bits per heavy atom. The fraction of sp³-hybridized carbons (Fsp3) is 0.500. The summed E-state index contributed by atoms with van der Waals surface area (Å²) in [6.07, 6.45) is 3.31. The van der Waals surface area contributed by atoms with E-state index in [0.717, 1.165) is 38.4 Å². The molecule has 3 rings (SSSR count). The number of benzene rings is 2. The van der Waals surface area contributed by atoms with Crippen molar-refractivity contribution in [2.24, 2.45) is 5.73 Å². The number of hydrogen-bond acceptors (Lipinski definition) is 3. The molecule has 0 saturated heterocycles. The van der Waals surface area contributed by atoms with E-state index < -0.39 is 11.6 Å². The number of fused-ring (bicyclic) bond motifs is 1. The molecule has 1 heterocycles. The minimum absolute atomic E-state index is 0.133. The second kappa shape index (κ2) is 11.3. The zero-order valence-electron chi connectivity index (χ0n) is 18.1. The average Bonchev–Trinajstić information content (AvgIpc) is 2.70. The van der Waals surface area contributed by atoms with Crippen LogP contribution < -0.4 is 16.0 Å². The summed E-state index contributed by atoms with van der Waals surface area (Å²) in [6, 6.07) is 10.5. The summed E-state index contributed by atoms with van der Waals surface area (Å²) in [6.45, 7) is 7.97. The molecule has 0 fully saturated rings. The van der Waals surface area contributed by atoms with Gasteiger partial charge in [0, 0.05) is 37.4 Å². The Morgan fingerprint density at radius 2 is 1.79 bits per heavy atom. The van der Waals surface area contributed by atoms with Crippen molar-refractivity contribution in [3.05, 3.63) is 64.7 Å². The van der Waals surface area contributed by atoms with Gasteiger partial charge in [-0.1, -0.05) is 32.9 Å². The molecule has 2 aromatic carbocycles. The lowest BCUT2D eigenvalue weighted by Crippen LogP contribution is -2.36. The van der Waals surface area contributed by atoms with Gasteiger partial charge in [0.1, 0.15) is 11.6 Å². The van der Waals surface area contributed by atoms with Gasteiger partial charge in [0.25, 0.3) is 0 Å². The average molecular weight is 404 g/mol. The lowest BCUT2D eigenvalue weighted by Gasteiger charge is -2.34. The zero-order valence-corrected chi connectivity index (χ0v) is 18.1. The molecule has 0 aromatic heterocycles. The number of nitrogens with zero attached hydrogens (tertiary/aromatic N) is 1. The molecule has 2 atom stereocenters. The Morgan fingerprint density at radius 1 is 1.10 bits per heavy atom. The summed E-state index contributed by atoms with van der Waals surface area (Å²) in [7, 11) is 2.13. The van der Waals surface area contributed by atoms with Crippen LogP contribution in [0.1, 0.15) is 56.3 Å². The monoisotopic (exact) mass is 403 g/mol. The van der Waals surface area contributed by atoms with Gasteiger partial charge in [0.2, 0.25) is 0 Å². The van der Waals surface area contributed by atoms with Crippen LogP contribution in [0.25, 0.3) is 0 Å². The van der Waals surface area contributed by atoms with Gasteiger partial charge in [-0.15, -0.1) is 0 Å². The number of aryl methyl sites for hydroxylation is 1. The van der Waals surface area contributed by atoms with Crippen molar-refractivity contribution in [3.8, 4) is 0 Å². The SMILES string of the molecule is CC.CCc1ccc2c(c1)C(NCC[C@@H](N)Cc1cc(F)cc(F)c1)CCN2C. The van der Waals surface area contributed by atoms with E-state index in [1.165, 1.54) is 28.9 Å². The normalized spacial score (nSPS) is 16.7. The molecule has 0 bridgehead atoms. The van der Waals surface area contributed by atoms with Crippen LogP contribution >= 0.6 is 0 Å². The summed E-state index contributed by atoms with van der Waals surface area (Å²) >= 11 is 0. The van der Waals surface area contributed by atoms with Gasteiger partial charge in [-0.2, -0.15) is 0 Å². The maximum absolute atomic E-state index is 13.3. The Labute approximate surface area is 174 Å². The third-order valence-corrected chi connectivity index (χ3v) is 5.37. The fourth-order valence-corrected chi connectivity index (χ4v) is 3.84. The third-order valence-electron chi connectivity index (χ3n) is 5.37. The molecule has 0 amide bonds. The van der Waals surface area contributed by atoms with E-state index in [1.54, 1.807) is 0 Å². The summed E-state index contributed by atoms with van der Waals surface area (Å²) in [5.74, 6) is -1.10. The maximum Gasteiger partial charge on any atom is 0.126 e. The van der Waals surface area contributed by atoms with Crippen molar-refractivity contribution >= 4 is 5.69 Å². The molecule has 3 N–H and O–H groups in total. The minimum Gasteiger partial charge on any atom is -0.374 e. The van der Waals surface area contributed by atoms with Crippen molar-refractivity contribution in [2.75, 3.05) is 25.0 Å². The van der Waals surface area contributed by atoms with Crippen molar-refractivity contribution < 1.29 is 8.78 Å². The predicted octanol–water partition coefficient (Wildman–Crippen LogP) is 4.98. The summed E-state index contributed by atoms with van der Waals surface area (Å²) in [4.78, 5) is 2.30. The van der Waals surface area contributed by atoms with E-state index in [4.69, 9.17) is 5.73 Å². The number of rotatable bonds is 7. The molecule has 0 saturated carbocycles. The molecule has 160 valence electrons. The fourth-order valence-electron chi connectivity index (χ4n) is 3.84. The molecule has 1 unspecified atom stereocenters. The largest absolute Gasteiger partial charge is 0.374 e. The number of nitrogens with one attached hydrogen (secondary N) is 1. The Balaban J connectivity index is 0.00000145. The highest BCUT2D eigenvalue weighted by Crippen LogP contribution is 2.33. The van der Waals surface area contributed by atoms with Gasteiger partial charge < -0.3 is 16.0 Å². The first-order chi connectivity index (χ1) is 14.0. The van der Waals surface area contributed by atoms with Gasteiger partial charge >= 0.3 is 0 Å². The quantitative estimate of drug-likeness (QED) is 0.685. The topological polar surface area (TPSA) is 41.3 Å². The van der Waals surface area contributed by atoms with Crippen molar-refractivity contribution in [1.82, 2.24) is 5.32 Å². The minimum atomic E-state index is -0.551. The van der Waals surface area contributed by atoms with Crippen LogP contribution in [0.2, 0.25) is 0 Å². The van der Waals surface area contributed by atoms with E-state index in [0.29, 0.717) is 18.0 Å². The second-order valence-corrected chi connectivity index (χ2v) is 7.49. The first-order valence-electron chi connectivity index (χ1n) is 10.7. The smallest absolute Gasteiger partial charge is 0.126 e. The number of anilines is 1. The molecule has 1 aliphatic heterocycles. The molecule has 29 heavy (non-hydrogen) atoms. The predicted molar refractivity (Wildman–Crippen MR) is 118 cm³/mol. The van der Waals surface area contributed by atoms with Crippen molar-refractivity contribution in [1.29, 1.82) is 0 Å². The molecule has 0 radical (unpaired) electrons. The maximum atomic E-state index is 13.3. The lowest BCUT2D eigenvalue weighted by atomic mass is 9.94. The van der Waals surface area contributed by atoms with Gasteiger partial charge in [-0.25, -0.2) is 8.78 Å². The van der Waals surface area contributed by atoms with Crippen LogP contribution in [0.15, 0.2) is 36.4 Å². The summed E-state index contributed by atoms with van der Waals surface area (Å²) < 4.78 is 26.6. The first-order valence-corrected chi connectivity index (χ1v) is 10.7. The Bertz CT molecular complexity index is 758. The van der Waals surface area contributed by atoms with Crippen LogP contribution in [0.4, 0.5) is 14.5 Å². The van der Waals surface area contributed by atoms with E-state index >= 15 is 0 Å². The standard InChI is InChI=1S/C22H29F2N3.C2H6/c1-3-15-4-5-22-20(13-15)21(7-9-27(22)2)26-8-6-19(25)12-16-10-17(23)14-18(24)11-16;1-2/h4-5,10-11,13-14,19,21,26H,3,6-9,12,25H2,1-2H3;1-2H3/t19-,21?;/m1./s1. The van der Waals surface area contributed by atoms with Crippen LogP contribution in [-0.4, -0.2) is 26.2 Å². The number of nitrogens with two attached hydrogens (primary N) is 1. The van der Waals surface area contributed by atoms with E-state index in [1.807, 2.05) is 13.8 Å². The summed E-state index contributed by atoms with van der Waals surface area (Å²) in [5, 5.41) is 3.63. The molecule has 2 aromatic rings. The van der Waals surface area contributed by atoms with Crippen LogP contribution in [0, 0.1) is 11.6 Å². The highest BCUT2D eigenvalue weighted by molar-refractivity contribution is 5.57. The highest BCUT2D eigenvalue weighted by atomic mass is 19.1. The zero-order chi connectivity index (χ0) is 21.4. The second-order valence-electron chi connectivity index (χ2n) is 7.49. The van der Waals surface area contributed by atoms with E-state index in [9.17, 15) is 8.78 Å². The molecule has 1 aliphatic rings.